The van der Waals surface area contributed by atoms with E-state index in [-0.39, 0.29) is 0 Å². The number of benzene rings is 2. The average Bonchev–Trinajstić information content (AvgIpc) is 2.66. The molecule has 2 aromatic rings. The maximum atomic E-state index is 5.68. The van der Waals surface area contributed by atoms with Crippen LogP contribution in [0.5, 0.6) is 5.75 Å². The lowest BCUT2D eigenvalue weighted by Gasteiger charge is -2.27. The Balaban J connectivity index is 1.94. The van der Waals surface area contributed by atoms with Crippen molar-refractivity contribution in [2.24, 2.45) is 0 Å². The zero-order valence-corrected chi connectivity index (χ0v) is 16.8. The molecule has 0 heterocycles. The van der Waals surface area contributed by atoms with Crippen LogP contribution in [0.15, 0.2) is 54.6 Å². The summed E-state index contributed by atoms with van der Waals surface area (Å²) in [5.74, 6) is 0.866. The predicted molar refractivity (Wildman–Crippen MR) is 112 cm³/mol. The van der Waals surface area contributed by atoms with Gasteiger partial charge in [-0.1, -0.05) is 42.5 Å². The zero-order chi connectivity index (χ0) is 18.8. The molecule has 26 heavy (non-hydrogen) atoms. The molecular weight excluding hydrogens is 342 g/mol. The zero-order valence-electron chi connectivity index (χ0n) is 15.9. The molecule has 0 saturated heterocycles. The van der Waals surface area contributed by atoms with Crippen LogP contribution in [-0.4, -0.2) is 49.2 Å². The number of ether oxygens (including phenoxy) is 1. The van der Waals surface area contributed by atoms with Gasteiger partial charge in [-0.3, -0.25) is 0 Å². The fourth-order valence-corrected chi connectivity index (χ4v) is 2.89. The fourth-order valence-electron chi connectivity index (χ4n) is 2.67. The van der Waals surface area contributed by atoms with E-state index in [1.807, 2.05) is 18.2 Å². The van der Waals surface area contributed by atoms with Gasteiger partial charge in [0.15, 0.2) is 5.11 Å². The molecule has 0 atom stereocenters. The van der Waals surface area contributed by atoms with Gasteiger partial charge < -0.3 is 19.9 Å². The summed E-state index contributed by atoms with van der Waals surface area (Å²) >= 11 is 5.68. The van der Waals surface area contributed by atoms with Gasteiger partial charge in [-0.15, -0.1) is 0 Å². The van der Waals surface area contributed by atoms with E-state index in [0.29, 0.717) is 6.54 Å². The summed E-state index contributed by atoms with van der Waals surface area (Å²) in [7, 11) is 5.88. The summed E-state index contributed by atoms with van der Waals surface area (Å²) in [6, 6.07) is 18.5. The Morgan fingerprint density at radius 1 is 0.962 bits per heavy atom. The second kappa shape index (κ2) is 10.8. The monoisotopic (exact) mass is 371 g/mol. The van der Waals surface area contributed by atoms with E-state index in [0.717, 1.165) is 36.9 Å². The van der Waals surface area contributed by atoms with Crippen LogP contribution in [0.1, 0.15) is 17.5 Å². The van der Waals surface area contributed by atoms with Gasteiger partial charge in [-0.05, 0) is 62.5 Å². The number of hydrogen-bond acceptors (Lipinski definition) is 3. The van der Waals surface area contributed by atoms with Gasteiger partial charge in [0.1, 0.15) is 5.75 Å². The minimum absolute atomic E-state index is 0.710. The molecule has 0 aromatic heterocycles. The van der Waals surface area contributed by atoms with Crippen molar-refractivity contribution in [3.63, 3.8) is 0 Å². The third kappa shape index (κ3) is 7.02. The first-order valence-corrected chi connectivity index (χ1v) is 9.33. The van der Waals surface area contributed by atoms with Crippen molar-refractivity contribution in [3.8, 4) is 5.75 Å². The smallest absolute Gasteiger partial charge is 0.169 e. The Morgan fingerprint density at radius 3 is 2.27 bits per heavy atom. The largest absolute Gasteiger partial charge is 0.497 e. The van der Waals surface area contributed by atoms with E-state index in [1.54, 1.807) is 7.11 Å². The number of hydrogen-bond donors (Lipinski definition) is 1. The van der Waals surface area contributed by atoms with Crippen molar-refractivity contribution in [2.75, 3.05) is 34.3 Å². The molecule has 0 aliphatic rings. The van der Waals surface area contributed by atoms with Gasteiger partial charge in [-0.2, -0.15) is 0 Å². The summed E-state index contributed by atoms with van der Waals surface area (Å²) < 4.78 is 5.20. The van der Waals surface area contributed by atoms with Crippen molar-refractivity contribution in [3.05, 3.63) is 65.7 Å². The molecule has 2 rings (SSSR count). The third-order valence-electron chi connectivity index (χ3n) is 4.14. The van der Waals surface area contributed by atoms with Gasteiger partial charge in [-0.25, -0.2) is 0 Å². The lowest BCUT2D eigenvalue weighted by Crippen LogP contribution is -2.40. The molecule has 0 aliphatic heterocycles. The number of thiocarbonyl (C=S) groups is 1. The topological polar surface area (TPSA) is 27.7 Å². The first kappa shape index (κ1) is 20.2. The molecule has 2 aromatic carbocycles. The summed E-state index contributed by atoms with van der Waals surface area (Å²) in [5, 5.41) is 4.19. The molecule has 0 aliphatic carbocycles. The highest BCUT2D eigenvalue weighted by molar-refractivity contribution is 7.80. The molecule has 0 fully saturated rings. The van der Waals surface area contributed by atoms with Crippen LogP contribution >= 0.6 is 12.2 Å². The van der Waals surface area contributed by atoms with Gasteiger partial charge >= 0.3 is 0 Å². The lowest BCUT2D eigenvalue weighted by atomic mass is 10.2. The minimum Gasteiger partial charge on any atom is -0.497 e. The lowest BCUT2D eigenvalue weighted by molar-refractivity contribution is 0.341. The van der Waals surface area contributed by atoms with Crippen molar-refractivity contribution < 1.29 is 4.74 Å². The van der Waals surface area contributed by atoms with Crippen LogP contribution in [0.3, 0.4) is 0 Å². The van der Waals surface area contributed by atoms with Crippen molar-refractivity contribution in [2.45, 2.75) is 19.5 Å². The second-order valence-corrected chi connectivity index (χ2v) is 6.96. The van der Waals surface area contributed by atoms with E-state index >= 15 is 0 Å². The maximum absolute atomic E-state index is 5.68. The summed E-state index contributed by atoms with van der Waals surface area (Å²) in [6.07, 6.45) is 1.07. The van der Waals surface area contributed by atoms with Gasteiger partial charge in [0, 0.05) is 19.6 Å². The standard InChI is InChI=1S/C21H29N3OS/c1-23(2)14-7-15-24(17-19-8-5-4-6-9-19)21(26)22-16-18-10-12-20(25-3)13-11-18/h4-6,8-13H,7,14-17H2,1-3H3,(H,22,26). The predicted octanol–water partition coefficient (Wildman–Crippen LogP) is 3.52. The third-order valence-corrected chi connectivity index (χ3v) is 4.54. The van der Waals surface area contributed by atoms with E-state index in [4.69, 9.17) is 17.0 Å². The molecule has 0 unspecified atom stereocenters. The average molecular weight is 372 g/mol. The quantitative estimate of drug-likeness (QED) is 0.681. The second-order valence-electron chi connectivity index (χ2n) is 6.57. The molecule has 0 bridgehead atoms. The van der Waals surface area contributed by atoms with Crippen LogP contribution in [-0.2, 0) is 13.1 Å². The highest BCUT2D eigenvalue weighted by Crippen LogP contribution is 2.11. The Kier molecular flexibility index (Phi) is 8.38. The molecule has 1 N–H and O–H groups in total. The van der Waals surface area contributed by atoms with E-state index in [1.165, 1.54) is 11.1 Å². The Bertz CT molecular complexity index is 659. The van der Waals surface area contributed by atoms with Crippen molar-refractivity contribution in [1.82, 2.24) is 15.1 Å². The van der Waals surface area contributed by atoms with Crippen molar-refractivity contribution in [1.29, 1.82) is 0 Å². The normalized spacial score (nSPS) is 10.6. The van der Waals surface area contributed by atoms with Crippen LogP contribution in [0.2, 0.25) is 0 Å². The molecule has 0 amide bonds. The van der Waals surface area contributed by atoms with Gasteiger partial charge in [0.2, 0.25) is 0 Å². The molecule has 0 radical (unpaired) electrons. The molecule has 4 nitrogen and oxygen atoms in total. The van der Waals surface area contributed by atoms with Crippen LogP contribution in [0, 0.1) is 0 Å². The first-order valence-electron chi connectivity index (χ1n) is 8.93. The number of nitrogens with zero attached hydrogens (tertiary/aromatic N) is 2. The SMILES string of the molecule is COc1ccc(CNC(=S)N(CCCN(C)C)Cc2ccccc2)cc1. The van der Waals surface area contributed by atoms with Gasteiger partial charge in [0.25, 0.3) is 0 Å². The molecular formula is C21H29N3OS. The van der Waals surface area contributed by atoms with E-state index in [2.05, 4.69) is 65.6 Å². The molecule has 0 saturated carbocycles. The highest BCUT2D eigenvalue weighted by atomic mass is 32.1. The fraction of sp³-hybridized carbons (Fsp3) is 0.381. The Hall–Kier alpha value is -2.11. The summed E-state index contributed by atoms with van der Waals surface area (Å²) in [5.41, 5.74) is 2.45. The highest BCUT2D eigenvalue weighted by Gasteiger charge is 2.10. The maximum Gasteiger partial charge on any atom is 0.169 e. The minimum atomic E-state index is 0.710. The number of nitrogens with one attached hydrogen (secondary N) is 1. The van der Waals surface area contributed by atoms with Crippen molar-refractivity contribution >= 4 is 17.3 Å². The summed E-state index contributed by atoms with van der Waals surface area (Å²) in [6.45, 7) is 3.51. The van der Waals surface area contributed by atoms with Crippen LogP contribution in [0.4, 0.5) is 0 Å². The summed E-state index contributed by atoms with van der Waals surface area (Å²) in [4.78, 5) is 4.45. The Morgan fingerprint density at radius 2 is 1.65 bits per heavy atom. The number of methoxy groups -OCH3 is 1. The van der Waals surface area contributed by atoms with Crippen LogP contribution in [0.25, 0.3) is 0 Å². The number of rotatable bonds is 9. The van der Waals surface area contributed by atoms with E-state index < -0.39 is 0 Å². The van der Waals surface area contributed by atoms with Crippen LogP contribution < -0.4 is 10.1 Å². The molecule has 0 spiro atoms. The first-order chi connectivity index (χ1) is 12.6. The van der Waals surface area contributed by atoms with E-state index in [9.17, 15) is 0 Å². The van der Waals surface area contributed by atoms with Gasteiger partial charge in [0.05, 0.1) is 7.11 Å². The molecule has 5 heteroatoms. The Labute approximate surface area is 162 Å². The molecule has 140 valence electrons.